The normalized spacial score (nSPS) is 13.2. The summed E-state index contributed by atoms with van der Waals surface area (Å²) in [6.07, 6.45) is 0. The molecule has 1 saturated heterocycles. The number of nitrogens with zero attached hydrogens (tertiary/aromatic N) is 5. The fourth-order valence-electron chi connectivity index (χ4n) is 2.96. The monoisotopic (exact) mass is 513 g/mol. The van der Waals surface area contributed by atoms with Crippen LogP contribution in [0.1, 0.15) is 21.6 Å². The van der Waals surface area contributed by atoms with E-state index in [0.717, 1.165) is 21.4 Å². The Bertz CT molecular complexity index is 1190. The molecule has 0 aliphatic carbocycles. The molecule has 0 bridgehead atoms. The van der Waals surface area contributed by atoms with Gasteiger partial charge in [0, 0.05) is 17.6 Å². The van der Waals surface area contributed by atoms with Gasteiger partial charge in [0.15, 0.2) is 0 Å². The van der Waals surface area contributed by atoms with E-state index in [0.29, 0.717) is 24.9 Å². The highest BCUT2D eigenvalue weighted by Crippen LogP contribution is 2.26. The van der Waals surface area contributed by atoms with Crippen LogP contribution in [0.25, 0.3) is 0 Å². The van der Waals surface area contributed by atoms with Crippen molar-refractivity contribution in [3.63, 3.8) is 0 Å². The Morgan fingerprint density at radius 3 is 2.84 bits per heavy atom. The van der Waals surface area contributed by atoms with E-state index in [1.165, 1.54) is 12.1 Å². The maximum absolute atomic E-state index is 12.9. The maximum atomic E-state index is 12.9. The van der Waals surface area contributed by atoms with Gasteiger partial charge in [-0.05, 0) is 41.2 Å². The molecular formula is C20H16BrN7O3S. The Morgan fingerprint density at radius 2 is 2.09 bits per heavy atom. The molecule has 162 valence electrons. The predicted molar refractivity (Wildman–Crippen MR) is 121 cm³/mol. The Labute approximate surface area is 195 Å². The van der Waals surface area contributed by atoms with Crippen molar-refractivity contribution in [1.82, 2.24) is 20.5 Å². The average molecular weight is 514 g/mol. The van der Waals surface area contributed by atoms with Crippen molar-refractivity contribution in [2.45, 2.75) is 6.61 Å². The first kappa shape index (κ1) is 21.7. The zero-order valence-corrected chi connectivity index (χ0v) is 18.9. The van der Waals surface area contributed by atoms with Crippen LogP contribution < -0.4 is 20.3 Å². The molecule has 1 aromatic carbocycles. The van der Waals surface area contributed by atoms with Gasteiger partial charge in [-0.3, -0.25) is 14.9 Å². The van der Waals surface area contributed by atoms with Crippen molar-refractivity contribution in [3.05, 3.63) is 57.7 Å². The number of piperazine rings is 1. The van der Waals surface area contributed by atoms with E-state index >= 15 is 0 Å². The van der Waals surface area contributed by atoms with Crippen molar-refractivity contribution >= 4 is 50.0 Å². The van der Waals surface area contributed by atoms with Crippen LogP contribution in [0.2, 0.25) is 0 Å². The number of anilines is 2. The van der Waals surface area contributed by atoms with Gasteiger partial charge in [0.25, 0.3) is 11.1 Å². The summed E-state index contributed by atoms with van der Waals surface area (Å²) in [7, 11) is 0. The quantitative estimate of drug-likeness (QED) is 0.512. The summed E-state index contributed by atoms with van der Waals surface area (Å²) in [5.74, 6) is -0.380. The van der Waals surface area contributed by atoms with E-state index < -0.39 is 5.91 Å². The number of pyridine rings is 1. The van der Waals surface area contributed by atoms with Gasteiger partial charge in [-0.2, -0.15) is 5.26 Å². The van der Waals surface area contributed by atoms with Crippen LogP contribution in [0.4, 0.5) is 10.9 Å². The minimum atomic E-state index is -0.474. The second-order valence-electron chi connectivity index (χ2n) is 6.69. The number of nitriles is 1. The minimum Gasteiger partial charge on any atom is -0.464 e. The van der Waals surface area contributed by atoms with Crippen LogP contribution >= 0.6 is 27.3 Å². The Morgan fingerprint density at radius 1 is 1.28 bits per heavy atom. The van der Waals surface area contributed by atoms with Crippen LogP contribution in [-0.2, 0) is 11.4 Å². The second-order valence-corrected chi connectivity index (χ2v) is 8.55. The number of hydrogen-bond donors (Lipinski definition) is 2. The molecule has 10 nitrogen and oxygen atoms in total. The van der Waals surface area contributed by atoms with Crippen molar-refractivity contribution in [2.24, 2.45) is 0 Å². The van der Waals surface area contributed by atoms with E-state index in [9.17, 15) is 14.9 Å². The van der Waals surface area contributed by atoms with Crippen molar-refractivity contribution < 1.29 is 14.3 Å². The van der Waals surface area contributed by atoms with Crippen LogP contribution in [0.5, 0.6) is 5.19 Å². The third-order valence-electron chi connectivity index (χ3n) is 4.47. The highest BCUT2D eigenvalue weighted by Gasteiger charge is 2.24. The second kappa shape index (κ2) is 9.71. The third-order valence-corrected chi connectivity index (χ3v) is 5.75. The Balaban J connectivity index is 1.46. The van der Waals surface area contributed by atoms with Gasteiger partial charge in [0.2, 0.25) is 11.0 Å². The molecule has 3 aromatic rings. The molecule has 0 radical (unpaired) electrons. The maximum Gasteiger partial charge on any atom is 0.296 e. The van der Waals surface area contributed by atoms with Gasteiger partial charge in [0.1, 0.15) is 24.2 Å². The Kier molecular flexibility index (Phi) is 6.58. The van der Waals surface area contributed by atoms with E-state index in [-0.39, 0.29) is 34.7 Å². The smallest absolute Gasteiger partial charge is 0.296 e. The number of hydrogen-bond acceptors (Lipinski definition) is 9. The van der Waals surface area contributed by atoms with Gasteiger partial charge in [0.05, 0.1) is 12.1 Å². The SMILES string of the molecule is N#Cc1ccc(C(=O)Nc2nnc(OCc3ccc(Br)cc3)s2)c(N2CCNC(=O)C2)n1. The molecule has 0 saturated carbocycles. The van der Waals surface area contributed by atoms with E-state index in [4.69, 9.17) is 4.74 Å². The number of carbonyl (C=O) groups excluding carboxylic acids is 2. The first-order chi connectivity index (χ1) is 15.5. The number of amides is 2. The van der Waals surface area contributed by atoms with Gasteiger partial charge < -0.3 is 15.0 Å². The highest BCUT2D eigenvalue weighted by molar-refractivity contribution is 9.10. The molecule has 1 fully saturated rings. The topological polar surface area (TPSA) is 133 Å². The number of aromatic nitrogens is 3. The lowest BCUT2D eigenvalue weighted by Gasteiger charge is -2.28. The van der Waals surface area contributed by atoms with Crippen molar-refractivity contribution in [3.8, 4) is 11.3 Å². The Hall–Kier alpha value is -3.56. The number of benzene rings is 1. The summed E-state index contributed by atoms with van der Waals surface area (Å²) in [5.41, 5.74) is 1.35. The lowest BCUT2D eigenvalue weighted by atomic mass is 10.2. The van der Waals surface area contributed by atoms with E-state index in [2.05, 4.69) is 41.7 Å². The van der Waals surface area contributed by atoms with Crippen LogP contribution in [0.15, 0.2) is 40.9 Å². The first-order valence-electron chi connectivity index (χ1n) is 9.47. The first-order valence-corrected chi connectivity index (χ1v) is 11.1. The number of carbonyl (C=O) groups is 2. The molecule has 2 aromatic heterocycles. The molecule has 3 heterocycles. The summed E-state index contributed by atoms with van der Waals surface area (Å²) < 4.78 is 6.61. The van der Waals surface area contributed by atoms with Crippen LogP contribution in [-0.4, -0.2) is 46.6 Å². The fraction of sp³-hybridized carbons (Fsp3) is 0.200. The van der Waals surface area contributed by atoms with E-state index in [1.807, 2.05) is 30.3 Å². The fourth-order valence-corrected chi connectivity index (χ4v) is 3.81. The molecule has 12 heteroatoms. The van der Waals surface area contributed by atoms with Gasteiger partial charge in [-0.1, -0.05) is 33.2 Å². The average Bonchev–Trinajstić information content (AvgIpc) is 3.25. The molecule has 0 spiro atoms. The summed E-state index contributed by atoms with van der Waals surface area (Å²) in [4.78, 5) is 30.6. The summed E-state index contributed by atoms with van der Waals surface area (Å²) >= 11 is 4.48. The number of rotatable bonds is 6. The van der Waals surface area contributed by atoms with Crippen LogP contribution in [0, 0.1) is 11.3 Å². The van der Waals surface area contributed by atoms with Crippen LogP contribution in [0.3, 0.4) is 0 Å². The zero-order valence-electron chi connectivity index (χ0n) is 16.5. The minimum absolute atomic E-state index is 0.0506. The molecule has 0 atom stereocenters. The van der Waals surface area contributed by atoms with Crippen molar-refractivity contribution in [1.29, 1.82) is 5.26 Å². The van der Waals surface area contributed by atoms with E-state index in [1.54, 1.807) is 4.90 Å². The summed E-state index contributed by atoms with van der Waals surface area (Å²) in [6, 6.07) is 12.6. The lowest BCUT2D eigenvalue weighted by Crippen LogP contribution is -2.48. The molecule has 4 rings (SSSR count). The van der Waals surface area contributed by atoms with Gasteiger partial charge in [-0.15, -0.1) is 5.10 Å². The molecule has 2 N–H and O–H groups in total. The summed E-state index contributed by atoms with van der Waals surface area (Å²) in [6.45, 7) is 1.26. The summed E-state index contributed by atoms with van der Waals surface area (Å²) in [5, 5.41) is 23.1. The van der Waals surface area contributed by atoms with Gasteiger partial charge >= 0.3 is 0 Å². The standard InChI is InChI=1S/C20H16BrN7O3S/c21-13-3-1-12(2-4-13)11-31-20-27-26-19(32-20)25-18(30)15-6-5-14(9-22)24-17(15)28-8-7-23-16(29)10-28/h1-6H,7-8,10-11H2,(H,23,29)(H,25,26,30). The van der Waals surface area contributed by atoms with Gasteiger partial charge in [-0.25, -0.2) is 4.98 Å². The molecule has 1 aliphatic heterocycles. The predicted octanol–water partition coefficient (Wildman–Crippen LogP) is 2.33. The molecule has 2 amide bonds. The molecule has 32 heavy (non-hydrogen) atoms. The largest absolute Gasteiger partial charge is 0.464 e. The van der Waals surface area contributed by atoms with Crippen molar-refractivity contribution in [2.75, 3.05) is 29.9 Å². The molecular weight excluding hydrogens is 498 g/mol. The third kappa shape index (κ3) is 5.19. The lowest BCUT2D eigenvalue weighted by molar-refractivity contribution is -0.120. The molecule has 0 unspecified atom stereocenters. The number of nitrogens with one attached hydrogen (secondary N) is 2. The number of ether oxygens (including phenoxy) is 1. The molecule has 1 aliphatic rings. The zero-order chi connectivity index (χ0) is 22.5. The number of halogens is 1. The highest BCUT2D eigenvalue weighted by atomic mass is 79.9.